The molecule has 6 atom stereocenters. The van der Waals surface area contributed by atoms with Gasteiger partial charge in [0, 0.05) is 6.42 Å². The fourth-order valence-electron chi connectivity index (χ4n) is 3.28. The van der Waals surface area contributed by atoms with Crippen molar-refractivity contribution < 1.29 is 55.1 Å². The van der Waals surface area contributed by atoms with Crippen molar-refractivity contribution in [1.82, 2.24) is 0 Å². The predicted molar refractivity (Wildman–Crippen MR) is 106 cm³/mol. The van der Waals surface area contributed by atoms with Gasteiger partial charge < -0.3 is 50.3 Å². The van der Waals surface area contributed by atoms with Gasteiger partial charge in [-0.3, -0.25) is 4.79 Å². The molecule has 11 nitrogen and oxygen atoms in total. The lowest BCUT2D eigenvalue weighted by atomic mass is 9.98. The Morgan fingerprint density at radius 2 is 1.62 bits per heavy atom. The second kappa shape index (κ2) is 9.69. The van der Waals surface area contributed by atoms with Gasteiger partial charge >= 0.3 is 0 Å². The Morgan fingerprint density at radius 3 is 2.25 bits per heavy atom. The maximum absolute atomic E-state index is 12.7. The molecule has 0 aromatic heterocycles. The minimum atomic E-state index is -1.81. The maximum Gasteiger partial charge on any atom is 0.229 e. The molecule has 1 heterocycles. The van der Waals surface area contributed by atoms with Gasteiger partial charge in [0.2, 0.25) is 12.0 Å². The fraction of sp³-hybridized carbons (Fsp3) is 0.381. The number of benzene rings is 2. The highest BCUT2D eigenvalue weighted by Gasteiger charge is 2.45. The smallest absolute Gasteiger partial charge is 0.229 e. The van der Waals surface area contributed by atoms with Crippen molar-refractivity contribution in [1.29, 1.82) is 0 Å². The molecule has 1 fully saturated rings. The zero-order valence-corrected chi connectivity index (χ0v) is 16.6. The molecule has 1 saturated heterocycles. The van der Waals surface area contributed by atoms with E-state index in [4.69, 9.17) is 9.47 Å². The standard InChI is InChI=1S/C21H24O11/c22-8-14-17(28)18(29)19(30)21(31-14)32-20-12(24)6-5-11(16(20)27)15(26)13(25)7-9-1-3-10(23)4-2-9/h1-6,13-14,17-19,21-25,27-30H,7-8H2/t13-,14-,17+,18+,19+,21-/m0/s1. The zero-order chi connectivity index (χ0) is 23.6. The van der Waals surface area contributed by atoms with Crippen LogP contribution in [0.4, 0.5) is 0 Å². The number of phenols is 3. The monoisotopic (exact) mass is 452 g/mol. The molecular formula is C21H24O11. The molecule has 3 rings (SSSR count). The SMILES string of the molecule is O=C(c1ccc(O)c(O[C@@H]2O[C@@H](CO)[C@@H](O)[C@@H](O)[C@H]2O)c1O)[C@@H](O)Cc1ccc(O)cc1. The second-order valence-corrected chi connectivity index (χ2v) is 7.38. The summed E-state index contributed by atoms with van der Waals surface area (Å²) in [5.41, 5.74) is 0.147. The number of Topliss-reactive ketones (excluding diaryl/α,β-unsaturated/α-hetero) is 1. The van der Waals surface area contributed by atoms with E-state index >= 15 is 0 Å². The number of ketones is 1. The van der Waals surface area contributed by atoms with Crippen LogP contribution >= 0.6 is 0 Å². The Kier molecular flexibility index (Phi) is 7.19. The minimum Gasteiger partial charge on any atom is -0.508 e. The summed E-state index contributed by atoms with van der Waals surface area (Å²) >= 11 is 0. The van der Waals surface area contributed by atoms with Crippen LogP contribution in [0.25, 0.3) is 0 Å². The van der Waals surface area contributed by atoms with Gasteiger partial charge in [-0.15, -0.1) is 0 Å². The van der Waals surface area contributed by atoms with Crippen molar-refractivity contribution in [2.75, 3.05) is 6.61 Å². The average molecular weight is 452 g/mol. The van der Waals surface area contributed by atoms with Crippen LogP contribution < -0.4 is 4.74 Å². The van der Waals surface area contributed by atoms with E-state index in [9.17, 15) is 45.6 Å². The van der Waals surface area contributed by atoms with Crippen LogP contribution in [0, 0.1) is 0 Å². The highest BCUT2D eigenvalue weighted by atomic mass is 16.7. The van der Waals surface area contributed by atoms with Crippen LogP contribution in [0.2, 0.25) is 0 Å². The molecule has 0 spiro atoms. The highest BCUT2D eigenvalue weighted by molar-refractivity contribution is 6.02. The van der Waals surface area contributed by atoms with Gasteiger partial charge in [0.1, 0.15) is 36.3 Å². The molecule has 11 heteroatoms. The quantitative estimate of drug-likeness (QED) is 0.234. The molecule has 0 unspecified atom stereocenters. The molecule has 32 heavy (non-hydrogen) atoms. The first-order valence-electron chi connectivity index (χ1n) is 9.66. The summed E-state index contributed by atoms with van der Waals surface area (Å²) in [6, 6.07) is 7.87. The third-order valence-corrected chi connectivity index (χ3v) is 5.13. The molecular weight excluding hydrogens is 428 g/mol. The molecule has 8 N–H and O–H groups in total. The van der Waals surface area contributed by atoms with Crippen LogP contribution in [0.1, 0.15) is 15.9 Å². The number of aromatic hydroxyl groups is 3. The summed E-state index contributed by atoms with van der Waals surface area (Å²) in [6.07, 6.45) is -9.91. The predicted octanol–water partition coefficient (Wildman–Crippen LogP) is -1.23. The van der Waals surface area contributed by atoms with E-state index in [1.165, 1.54) is 24.3 Å². The van der Waals surface area contributed by atoms with E-state index in [2.05, 4.69) is 0 Å². The van der Waals surface area contributed by atoms with E-state index in [-0.39, 0.29) is 12.2 Å². The Hall–Kier alpha value is -2.93. The van der Waals surface area contributed by atoms with Crippen molar-refractivity contribution in [3.63, 3.8) is 0 Å². The maximum atomic E-state index is 12.7. The molecule has 174 valence electrons. The van der Waals surface area contributed by atoms with E-state index in [1.54, 1.807) is 0 Å². The molecule has 0 bridgehead atoms. The van der Waals surface area contributed by atoms with E-state index in [0.29, 0.717) is 5.56 Å². The summed E-state index contributed by atoms with van der Waals surface area (Å²) in [4.78, 5) is 12.7. The molecule has 2 aromatic carbocycles. The largest absolute Gasteiger partial charge is 0.508 e. The summed E-state index contributed by atoms with van der Waals surface area (Å²) in [6.45, 7) is -0.718. The van der Waals surface area contributed by atoms with Gasteiger partial charge in [-0.2, -0.15) is 0 Å². The fourth-order valence-corrected chi connectivity index (χ4v) is 3.28. The number of hydrogen-bond acceptors (Lipinski definition) is 11. The third-order valence-electron chi connectivity index (χ3n) is 5.13. The van der Waals surface area contributed by atoms with Gasteiger partial charge in [0.15, 0.2) is 17.3 Å². The lowest BCUT2D eigenvalue weighted by Crippen LogP contribution is -2.60. The number of aliphatic hydroxyl groups excluding tert-OH is 5. The average Bonchev–Trinajstić information content (AvgIpc) is 2.77. The first-order valence-corrected chi connectivity index (χ1v) is 9.66. The Bertz CT molecular complexity index is 944. The second-order valence-electron chi connectivity index (χ2n) is 7.38. The number of aliphatic hydroxyl groups is 5. The lowest BCUT2D eigenvalue weighted by Gasteiger charge is -2.39. The van der Waals surface area contributed by atoms with E-state index in [0.717, 1.165) is 12.1 Å². The third kappa shape index (κ3) is 4.78. The Balaban J connectivity index is 1.82. The Morgan fingerprint density at radius 1 is 0.969 bits per heavy atom. The molecule has 2 aromatic rings. The van der Waals surface area contributed by atoms with Gasteiger partial charge in [-0.25, -0.2) is 0 Å². The first kappa shape index (κ1) is 23.7. The van der Waals surface area contributed by atoms with Crippen LogP contribution in [-0.4, -0.2) is 90.1 Å². The van der Waals surface area contributed by atoms with Crippen LogP contribution in [-0.2, 0) is 11.2 Å². The number of ether oxygens (including phenoxy) is 2. The number of hydrogen-bond donors (Lipinski definition) is 8. The number of phenolic OH excluding ortho intramolecular Hbond substituents is 3. The van der Waals surface area contributed by atoms with Crippen LogP contribution in [0.3, 0.4) is 0 Å². The molecule has 1 aliphatic rings. The van der Waals surface area contributed by atoms with Crippen molar-refractivity contribution >= 4 is 5.78 Å². The van der Waals surface area contributed by atoms with Crippen LogP contribution in [0.5, 0.6) is 23.0 Å². The summed E-state index contributed by atoms with van der Waals surface area (Å²) in [5, 5.41) is 79.2. The van der Waals surface area contributed by atoms with Gasteiger partial charge in [0.05, 0.1) is 12.2 Å². The number of carbonyl (C=O) groups excluding carboxylic acids is 1. The molecule has 0 amide bonds. The zero-order valence-electron chi connectivity index (χ0n) is 16.6. The van der Waals surface area contributed by atoms with E-state index < -0.39 is 72.0 Å². The highest BCUT2D eigenvalue weighted by Crippen LogP contribution is 2.41. The normalized spacial score (nSPS) is 26.5. The van der Waals surface area contributed by atoms with Crippen molar-refractivity contribution in [3.05, 3.63) is 47.5 Å². The van der Waals surface area contributed by atoms with Crippen molar-refractivity contribution in [2.24, 2.45) is 0 Å². The summed E-state index contributed by atoms with van der Waals surface area (Å²) in [7, 11) is 0. The lowest BCUT2D eigenvalue weighted by molar-refractivity contribution is -0.277. The summed E-state index contributed by atoms with van der Waals surface area (Å²) in [5.74, 6) is -3.03. The van der Waals surface area contributed by atoms with Crippen molar-refractivity contribution in [3.8, 4) is 23.0 Å². The van der Waals surface area contributed by atoms with Gasteiger partial charge in [-0.05, 0) is 29.8 Å². The summed E-state index contributed by atoms with van der Waals surface area (Å²) < 4.78 is 10.4. The molecule has 0 radical (unpaired) electrons. The van der Waals surface area contributed by atoms with Crippen LogP contribution in [0.15, 0.2) is 36.4 Å². The van der Waals surface area contributed by atoms with E-state index in [1.807, 2.05) is 0 Å². The molecule has 0 aliphatic carbocycles. The minimum absolute atomic E-state index is 0.0146. The topological polar surface area (TPSA) is 197 Å². The van der Waals surface area contributed by atoms with Gasteiger partial charge in [0.25, 0.3) is 0 Å². The molecule has 0 saturated carbocycles. The molecule has 1 aliphatic heterocycles. The number of rotatable bonds is 7. The first-order chi connectivity index (χ1) is 15.1. The Labute approximate surface area is 182 Å². The van der Waals surface area contributed by atoms with Gasteiger partial charge in [-0.1, -0.05) is 12.1 Å². The number of carbonyl (C=O) groups is 1. The van der Waals surface area contributed by atoms with Crippen molar-refractivity contribution in [2.45, 2.75) is 43.2 Å².